The molecule has 0 spiro atoms. The molecule has 0 rings (SSSR count). The normalized spacial score (nSPS) is 11.6. The molecule has 0 aromatic heterocycles. The first kappa shape index (κ1) is 11.8. The summed E-state index contributed by atoms with van der Waals surface area (Å²) >= 11 is 0. The lowest BCUT2D eigenvalue weighted by Gasteiger charge is -2.10. The van der Waals surface area contributed by atoms with E-state index in [2.05, 4.69) is 0 Å². The van der Waals surface area contributed by atoms with Crippen LogP contribution in [0.5, 0.6) is 0 Å². The van der Waals surface area contributed by atoms with E-state index < -0.39 is 0 Å². The van der Waals surface area contributed by atoms with E-state index in [9.17, 15) is 0 Å². The van der Waals surface area contributed by atoms with Crippen molar-refractivity contribution in [3.8, 4) is 0 Å². The summed E-state index contributed by atoms with van der Waals surface area (Å²) in [6.07, 6.45) is 0. The van der Waals surface area contributed by atoms with Crippen molar-refractivity contribution in [1.82, 2.24) is 5.01 Å². The highest BCUT2D eigenvalue weighted by Gasteiger charge is 1.95. The summed E-state index contributed by atoms with van der Waals surface area (Å²) in [6, 6.07) is 0. The molecule has 56 valence electrons. The van der Waals surface area contributed by atoms with Crippen LogP contribution >= 0.6 is 0 Å². The number of hydrazine groups is 1. The van der Waals surface area contributed by atoms with Gasteiger partial charge in [0.15, 0.2) is 0 Å². The molecule has 0 aliphatic heterocycles. The third-order valence-corrected chi connectivity index (χ3v) is 1.11. The number of nitrogens with two attached hydrogens (primary N) is 1. The van der Waals surface area contributed by atoms with Crippen LogP contribution in [0.4, 0.5) is 0 Å². The summed E-state index contributed by atoms with van der Waals surface area (Å²) in [5, 5.41) is 1.91. The Hall–Kier alpha value is 0. The van der Waals surface area contributed by atoms with Crippen LogP contribution in [0.1, 0.15) is 6.92 Å². The first-order chi connectivity index (χ1) is 3.55. The van der Waals surface area contributed by atoms with Crippen LogP contribution in [0.3, 0.4) is 0 Å². The van der Waals surface area contributed by atoms with Gasteiger partial charge in [-0.15, -0.1) is 0 Å². The molecule has 0 radical (unpaired) electrons. The van der Waals surface area contributed by atoms with E-state index in [-0.39, 0.29) is 24.0 Å². The number of halogens is 1. The van der Waals surface area contributed by atoms with Crippen molar-refractivity contribution in [1.29, 1.82) is 0 Å². The van der Waals surface area contributed by atoms with Gasteiger partial charge in [-0.05, 0) is 0 Å². The Kier molecular flexibility index (Phi) is 6.32. The molecule has 0 bridgehead atoms. The number of amidine groups is 1. The maximum absolute atomic E-state index is 5.44. The van der Waals surface area contributed by atoms with Gasteiger partial charge in [-0.3, -0.25) is 10.7 Å². The quantitative estimate of drug-likeness (QED) is 0.170. The Balaban J connectivity index is 0. The molecule has 0 aliphatic carbocycles. The van der Waals surface area contributed by atoms with Gasteiger partial charge < -0.3 is 24.0 Å². The second-order valence-electron chi connectivity index (χ2n) is 2.01. The van der Waals surface area contributed by atoms with Gasteiger partial charge in [0.05, 0.1) is 0 Å². The summed E-state index contributed by atoms with van der Waals surface area (Å²) in [5.74, 6) is 0.801. The molecule has 4 heteroatoms. The number of hydrogen-bond acceptors (Lipinski definition) is 1. The third kappa shape index (κ3) is 4.50. The van der Waals surface area contributed by atoms with E-state index in [1.807, 2.05) is 37.8 Å². The van der Waals surface area contributed by atoms with Gasteiger partial charge in [-0.1, -0.05) is 0 Å². The van der Waals surface area contributed by atoms with E-state index in [4.69, 9.17) is 5.73 Å². The molecule has 0 unspecified atom stereocenters. The van der Waals surface area contributed by atoms with Crippen LogP contribution in [-0.4, -0.2) is 36.7 Å². The predicted molar refractivity (Wildman–Crippen MR) is 34.7 cm³/mol. The fourth-order valence-electron chi connectivity index (χ4n) is 0.315. The lowest BCUT2D eigenvalue weighted by molar-refractivity contribution is -0.656. The first-order valence-corrected chi connectivity index (χ1v) is 2.55. The van der Waals surface area contributed by atoms with Gasteiger partial charge in [0.2, 0.25) is 0 Å². The van der Waals surface area contributed by atoms with Gasteiger partial charge in [-0.2, -0.15) is 4.68 Å². The van der Waals surface area contributed by atoms with Crippen molar-refractivity contribution < 1.29 is 28.7 Å². The third-order valence-electron chi connectivity index (χ3n) is 1.11. The first-order valence-electron chi connectivity index (χ1n) is 2.55. The molecule has 2 N–H and O–H groups in total. The molecular formula is C5H14IN3. The molecule has 0 fully saturated rings. The van der Waals surface area contributed by atoms with Crippen molar-refractivity contribution in [3.63, 3.8) is 0 Å². The summed E-state index contributed by atoms with van der Waals surface area (Å²) in [4.78, 5) is 0. The lowest BCUT2D eigenvalue weighted by atomic mass is 10.7. The summed E-state index contributed by atoms with van der Waals surface area (Å²) < 4.78 is 1.86. The Morgan fingerprint density at radius 3 is 1.78 bits per heavy atom. The van der Waals surface area contributed by atoms with E-state index in [0.29, 0.717) is 0 Å². The molecule has 0 heterocycles. The second-order valence-corrected chi connectivity index (χ2v) is 2.01. The Bertz CT molecular complexity index is 105. The average molecular weight is 243 g/mol. The average Bonchev–Trinajstić information content (AvgIpc) is 1.64. The van der Waals surface area contributed by atoms with Crippen LogP contribution < -0.4 is 29.7 Å². The monoisotopic (exact) mass is 243 g/mol. The highest BCUT2D eigenvalue weighted by molar-refractivity contribution is 5.71. The number of hydrazone groups is 1. The zero-order valence-corrected chi connectivity index (χ0v) is 8.51. The molecule has 0 amide bonds. The molecular weight excluding hydrogens is 229 g/mol. The Morgan fingerprint density at radius 1 is 1.44 bits per heavy atom. The molecule has 0 saturated carbocycles. The maximum atomic E-state index is 5.44. The highest BCUT2D eigenvalue weighted by Crippen LogP contribution is 1.71. The van der Waals surface area contributed by atoms with Crippen molar-refractivity contribution in [2.24, 2.45) is 5.73 Å². The van der Waals surface area contributed by atoms with Gasteiger partial charge in [0.1, 0.15) is 7.05 Å². The number of hydrogen-bond donors (Lipinski definition) is 1. The van der Waals surface area contributed by atoms with Crippen LogP contribution in [0.25, 0.3) is 0 Å². The van der Waals surface area contributed by atoms with Gasteiger partial charge >= 0.3 is 0 Å². The smallest absolute Gasteiger partial charge is 0.262 e. The molecule has 0 saturated heterocycles. The maximum Gasteiger partial charge on any atom is 0.262 e. The summed E-state index contributed by atoms with van der Waals surface area (Å²) in [7, 11) is 5.79. The van der Waals surface area contributed by atoms with E-state index in [0.717, 1.165) is 5.84 Å². The zero-order valence-electron chi connectivity index (χ0n) is 6.35. The topological polar surface area (TPSA) is 32.3 Å². The molecule has 0 aromatic carbocycles. The standard InChI is InChI=1S/C5H13N3.HI/c1-5(6)8(4)7(2)3;/h6H,1-4H3;1H. The van der Waals surface area contributed by atoms with Crippen LogP contribution in [0, 0.1) is 0 Å². The van der Waals surface area contributed by atoms with Gasteiger partial charge in [0, 0.05) is 21.0 Å². The number of nitrogens with zero attached hydrogens (tertiary/aromatic N) is 2. The van der Waals surface area contributed by atoms with Crippen molar-refractivity contribution in [2.75, 3.05) is 21.1 Å². The van der Waals surface area contributed by atoms with Gasteiger partial charge in [0.25, 0.3) is 5.84 Å². The summed E-state index contributed by atoms with van der Waals surface area (Å²) in [5.41, 5.74) is 5.44. The van der Waals surface area contributed by atoms with E-state index in [1.165, 1.54) is 0 Å². The SMILES string of the molecule is C/C(N)=[N+](\C)N(C)C.[I-]. The fraction of sp³-hybridized carbons (Fsp3) is 0.800. The van der Waals surface area contributed by atoms with Crippen molar-refractivity contribution >= 4 is 5.84 Å². The van der Waals surface area contributed by atoms with Crippen LogP contribution in [0.15, 0.2) is 0 Å². The van der Waals surface area contributed by atoms with Crippen LogP contribution in [0.2, 0.25) is 0 Å². The molecule has 0 aromatic rings. The van der Waals surface area contributed by atoms with E-state index in [1.54, 1.807) is 0 Å². The molecule has 9 heavy (non-hydrogen) atoms. The largest absolute Gasteiger partial charge is 1.00 e. The Morgan fingerprint density at radius 2 is 1.78 bits per heavy atom. The van der Waals surface area contributed by atoms with Gasteiger partial charge in [-0.25, -0.2) is 0 Å². The lowest BCUT2D eigenvalue weighted by Crippen LogP contribution is -3.00. The van der Waals surface area contributed by atoms with Crippen LogP contribution in [-0.2, 0) is 0 Å². The fourth-order valence-corrected chi connectivity index (χ4v) is 0.315. The highest BCUT2D eigenvalue weighted by atomic mass is 127. The molecule has 3 nitrogen and oxygen atoms in total. The number of rotatable bonds is 1. The zero-order chi connectivity index (χ0) is 6.73. The van der Waals surface area contributed by atoms with E-state index >= 15 is 0 Å². The predicted octanol–water partition coefficient (Wildman–Crippen LogP) is -3.51. The molecule has 0 atom stereocenters. The van der Waals surface area contributed by atoms with Crippen molar-refractivity contribution in [2.45, 2.75) is 6.92 Å². The minimum Gasteiger partial charge on any atom is -1.00 e. The Labute approximate surface area is 73.5 Å². The summed E-state index contributed by atoms with van der Waals surface area (Å²) in [6.45, 7) is 1.86. The second kappa shape index (κ2) is 4.84. The minimum absolute atomic E-state index is 0. The molecule has 0 aliphatic rings. The van der Waals surface area contributed by atoms with Crippen molar-refractivity contribution in [3.05, 3.63) is 0 Å². The minimum atomic E-state index is 0.